The molecule has 0 spiro atoms. The lowest BCUT2D eigenvalue weighted by molar-refractivity contribution is -0.180. The number of aliphatic hydroxyl groups excluding tert-OH is 2. The fraction of sp³-hybridized carbons (Fsp3) is 0.829. The van der Waals surface area contributed by atoms with Crippen molar-refractivity contribution in [2.24, 2.45) is 23.7 Å². The number of aliphatic hydroxyl groups is 2. The summed E-state index contributed by atoms with van der Waals surface area (Å²) in [5, 5.41) is 20.1. The molecule has 7 atom stereocenters. The van der Waals surface area contributed by atoms with Crippen LogP contribution in [0.4, 0.5) is 0 Å². The SMILES string of the molecule is COC(=O)C(OC(=O)CC(C(=O)OCC(C)O)C(CC(=O)OC(C)C)C(=O)OCC(O)COCCCCCCOCC1CO1)C(C(=O)OC)C(C)C. The standard InChI is InChI=1S/C35H58O17/c1-21(2)30(34(42)44-6)31(35(43)45-7)52-29(39)15-27(32(40)49-16-23(5)36)26(14-28(38)51-22(3)4)33(41)50-18-24(37)17-46-12-10-8-9-11-13-47-19-25-20-48-25/h21-27,30-31,36-37H,8-20H2,1-7H3. The van der Waals surface area contributed by atoms with E-state index < -0.39 is 110 Å². The Morgan fingerprint density at radius 1 is 0.673 bits per heavy atom. The summed E-state index contributed by atoms with van der Waals surface area (Å²) >= 11 is 0. The van der Waals surface area contributed by atoms with Gasteiger partial charge in [0.15, 0.2) is 0 Å². The Morgan fingerprint density at radius 2 is 1.19 bits per heavy atom. The second-order valence-corrected chi connectivity index (χ2v) is 13.2. The number of hydrogen-bond donors (Lipinski definition) is 2. The predicted molar refractivity (Wildman–Crippen MR) is 179 cm³/mol. The van der Waals surface area contributed by atoms with E-state index in [0.29, 0.717) is 19.8 Å². The maximum absolute atomic E-state index is 13.5. The average Bonchev–Trinajstić information content (AvgIpc) is 3.91. The highest BCUT2D eigenvalue weighted by Gasteiger charge is 2.44. The van der Waals surface area contributed by atoms with Crippen LogP contribution in [0.2, 0.25) is 0 Å². The van der Waals surface area contributed by atoms with Crippen molar-refractivity contribution in [1.82, 2.24) is 0 Å². The number of carbonyl (C=O) groups excluding carboxylic acids is 6. The summed E-state index contributed by atoms with van der Waals surface area (Å²) < 4.78 is 46.5. The van der Waals surface area contributed by atoms with E-state index in [1.165, 1.54) is 6.92 Å². The van der Waals surface area contributed by atoms with Crippen molar-refractivity contribution in [3.8, 4) is 0 Å². The van der Waals surface area contributed by atoms with Crippen LogP contribution in [0.5, 0.6) is 0 Å². The molecule has 1 saturated heterocycles. The third-order valence-corrected chi connectivity index (χ3v) is 7.67. The van der Waals surface area contributed by atoms with Crippen molar-refractivity contribution in [3.63, 3.8) is 0 Å². The van der Waals surface area contributed by atoms with Gasteiger partial charge in [0, 0.05) is 13.2 Å². The average molecular weight is 751 g/mol. The van der Waals surface area contributed by atoms with Gasteiger partial charge in [-0.1, -0.05) is 26.7 Å². The summed E-state index contributed by atoms with van der Waals surface area (Å²) in [6.45, 7) is 8.73. The molecule has 1 heterocycles. The van der Waals surface area contributed by atoms with Crippen LogP contribution < -0.4 is 0 Å². The zero-order chi connectivity index (χ0) is 39.2. The molecule has 0 aromatic heterocycles. The smallest absolute Gasteiger partial charge is 0.348 e. The van der Waals surface area contributed by atoms with E-state index in [0.717, 1.165) is 46.5 Å². The first-order chi connectivity index (χ1) is 24.6. The van der Waals surface area contributed by atoms with E-state index in [4.69, 9.17) is 42.6 Å². The van der Waals surface area contributed by atoms with Crippen molar-refractivity contribution in [2.75, 3.05) is 60.5 Å². The van der Waals surface area contributed by atoms with Crippen LogP contribution in [-0.4, -0.2) is 137 Å². The maximum atomic E-state index is 13.5. The number of esters is 6. The third kappa shape index (κ3) is 19.5. The minimum atomic E-state index is -1.79. The first-order valence-corrected chi connectivity index (χ1v) is 17.6. The van der Waals surface area contributed by atoms with Crippen molar-refractivity contribution < 1.29 is 81.6 Å². The molecule has 1 aliphatic heterocycles. The molecule has 0 aromatic rings. The molecule has 52 heavy (non-hydrogen) atoms. The fourth-order valence-corrected chi connectivity index (χ4v) is 4.91. The highest BCUT2D eigenvalue weighted by molar-refractivity contribution is 5.90. The van der Waals surface area contributed by atoms with Gasteiger partial charge in [-0.25, -0.2) is 4.79 Å². The molecule has 1 aliphatic rings. The van der Waals surface area contributed by atoms with E-state index in [1.807, 2.05) is 0 Å². The summed E-state index contributed by atoms with van der Waals surface area (Å²) in [5.74, 6) is -11.7. The van der Waals surface area contributed by atoms with Crippen LogP contribution in [-0.2, 0) is 71.4 Å². The first kappa shape index (κ1) is 46.6. The van der Waals surface area contributed by atoms with Gasteiger partial charge in [0.1, 0.15) is 31.3 Å². The Morgan fingerprint density at radius 3 is 1.67 bits per heavy atom. The molecule has 0 saturated carbocycles. The molecule has 17 heteroatoms. The summed E-state index contributed by atoms with van der Waals surface area (Å²) in [6.07, 6.45) is -2.75. The molecule has 7 unspecified atom stereocenters. The van der Waals surface area contributed by atoms with Crippen LogP contribution in [0.3, 0.4) is 0 Å². The third-order valence-electron chi connectivity index (χ3n) is 7.67. The molecule has 1 rings (SSSR count). The van der Waals surface area contributed by atoms with Gasteiger partial charge in [-0.05, 0) is 39.5 Å². The Labute approximate surface area is 305 Å². The highest BCUT2D eigenvalue weighted by atomic mass is 16.6. The van der Waals surface area contributed by atoms with Crippen molar-refractivity contribution in [2.45, 2.75) is 104 Å². The Bertz CT molecular complexity index is 1100. The molecule has 300 valence electrons. The second kappa shape index (κ2) is 25.6. The van der Waals surface area contributed by atoms with Crippen LogP contribution in [0, 0.1) is 23.7 Å². The maximum Gasteiger partial charge on any atom is 0.348 e. The molecule has 0 aliphatic carbocycles. The van der Waals surface area contributed by atoms with E-state index in [-0.39, 0.29) is 12.7 Å². The van der Waals surface area contributed by atoms with E-state index in [9.17, 15) is 39.0 Å². The van der Waals surface area contributed by atoms with Crippen molar-refractivity contribution in [3.05, 3.63) is 0 Å². The first-order valence-electron chi connectivity index (χ1n) is 17.6. The zero-order valence-corrected chi connectivity index (χ0v) is 31.4. The minimum Gasteiger partial charge on any atom is -0.469 e. The van der Waals surface area contributed by atoms with Gasteiger partial charge < -0.3 is 52.8 Å². The van der Waals surface area contributed by atoms with Gasteiger partial charge in [0.25, 0.3) is 0 Å². The lowest BCUT2D eigenvalue weighted by atomic mass is 9.86. The van der Waals surface area contributed by atoms with Crippen LogP contribution >= 0.6 is 0 Å². The summed E-state index contributed by atoms with van der Waals surface area (Å²) in [7, 11) is 2.11. The Balaban J connectivity index is 3.02. The summed E-state index contributed by atoms with van der Waals surface area (Å²) in [5.41, 5.74) is 0. The quantitative estimate of drug-likeness (QED) is 0.0497. The topological polar surface area (TPSA) is 229 Å². The lowest BCUT2D eigenvalue weighted by Crippen LogP contribution is -2.44. The van der Waals surface area contributed by atoms with Crippen molar-refractivity contribution >= 4 is 35.8 Å². The molecule has 0 amide bonds. The normalized spacial score (nSPS) is 17.2. The fourth-order valence-electron chi connectivity index (χ4n) is 4.91. The second-order valence-electron chi connectivity index (χ2n) is 13.2. The molecular weight excluding hydrogens is 692 g/mol. The largest absolute Gasteiger partial charge is 0.469 e. The van der Waals surface area contributed by atoms with Gasteiger partial charge in [-0.2, -0.15) is 0 Å². The number of hydrogen-bond acceptors (Lipinski definition) is 17. The van der Waals surface area contributed by atoms with Crippen LogP contribution in [0.1, 0.15) is 73.1 Å². The van der Waals surface area contributed by atoms with Crippen molar-refractivity contribution in [1.29, 1.82) is 0 Å². The predicted octanol–water partition coefficient (Wildman–Crippen LogP) is 1.30. The zero-order valence-electron chi connectivity index (χ0n) is 31.4. The molecule has 2 N–H and O–H groups in total. The van der Waals surface area contributed by atoms with Crippen LogP contribution in [0.15, 0.2) is 0 Å². The lowest BCUT2D eigenvalue weighted by Gasteiger charge is -2.28. The van der Waals surface area contributed by atoms with E-state index in [1.54, 1.807) is 27.7 Å². The monoisotopic (exact) mass is 750 g/mol. The van der Waals surface area contributed by atoms with Gasteiger partial charge in [0.05, 0.1) is 70.9 Å². The van der Waals surface area contributed by atoms with Gasteiger partial charge in [0.2, 0.25) is 6.10 Å². The van der Waals surface area contributed by atoms with Gasteiger partial charge in [-0.3, -0.25) is 24.0 Å². The summed E-state index contributed by atoms with van der Waals surface area (Å²) in [4.78, 5) is 78.0. The number of unbranched alkanes of at least 4 members (excludes halogenated alkanes) is 3. The minimum absolute atomic E-state index is 0.170. The number of carbonyl (C=O) groups is 6. The summed E-state index contributed by atoms with van der Waals surface area (Å²) in [6, 6.07) is 0. The molecule has 0 aromatic carbocycles. The molecule has 17 nitrogen and oxygen atoms in total. The van der Waals surface area contributed by atoms with Crippen LogP contribution in [0.25, 0.3) is 0 Å². The number of rotatable bonds is 28. The Kier molecular flexibility index (Phi) is 22.9. The van der Waals surface area contributed by atoms with E-state index >= 15 is 0 Å². The molecule has 0 bridgehead atoms. The number of epoxide rings is 1. The van der Waals surface area contributed by atoms with Gasteiger partial charge in [-0.15, -0.1) is 0 Å². The van der Waals surface area contributed by atoms with E-state index in [2.05, 4.69) is 0 Å². The highest BCUT2D eigenvalue weighted by Crippen LogP contribution is 2.27. The Hall–Kier alpha value is -3.38. The molecular formula is C35H58O17. The molecule has 0 radical (unpaired) electrons. The molecule has 1 fully saturated rings. The van der Waals surface area contributed by atoms with Gasteiger partial charge >= 0.3 is 35.8 Å². The number of methoxy groups -OCH3 is 2. The number of ether oxygens (including phenoxy) is 9.